The first-order valence-electron chi connectivity index (χ1n) is 8.45. The van der Waals surface area contributed by atoms with E-state index in [0.29, 0.717) is 18.3 Å². The van der Waals surface area contributed by atoms with Gasteiger partial charge in [0.2, 0.25) is 5.91 Å². The van der Waals surface area contributed by atoms with E-state index < -0.39 is 0 Å². The Labute approximate surface area is 140 Å². The van der Waals surface area contributed by atoms with Crippen LogP contribution in [0.3, 0.4) is 0 Å². The first-order chi connectivity index (χ1) is 11.7. The smallest absolute Gasteiger partial charge is 0.275 e. The number of hydrogen-bond acceptors (Lipinski definition) is 3. The second kappa shape index (κ2) is 6.11. The van der Waals surface area contributed by atoms with Gasteiger partial charge in [-0.15, -0.1) is 0 Å². The average molecular weight is 324 g/mol. The van der Waals surface area contributed by atoms with E-state index >= 15 is 0 Å². The number of nitrogens with zero attached hydrogens (tertiary/aromatic N) is 3. The highest BCUT2D eigenvalue weighted by Crippen LogP contribution is 2.23. The third kappa shape index (κ3) is 2.91. The van der Waals surface area contributed by atoms with E-state index in [4.69, 9.17) is 0 Å². The van der Waals surface area contributed by atoms with E-state index in [1.807, 2.05) is 30.3 Å². The van der Waals surface area contributed by atoms with Gasteiger partial charge in [-0.25, -0.2) is 4.68 Å². The number of benzene rings is 1. The van der Waals surface area contributed by atoms with Crippen LogP contribution in [-0.4, -0.2) is 45.1 Å². The molecule has 1 aromatic carbocycles. The van der Waals surface area contributed by atoms with Crippen LogP contribution >= 0.6 is 0 Å². The molecule has 1 atom stereocenters. The molecule has 2 aliphatic rings. The summed E-state index contributed by atoms with van der Waals surface area (Å²) in [5.41, 5.74) is 1.28. The first kappa shape index (κ1) is 14.9. The summed E-state index contributed by atoms with van der Waals surface area (Å²) in [6.45, 7) is 0.611. The van der Waals surface area contributed by atoms with Gasteiger partial charge >= 0.3 is 0 Å². The van der Waals surface area contributed by atoms with E-state index in [1.54, 1.807) is 21.8 Å². The van der Waals surface area contributed by atoms with Crippen LogP contribution in [0, 0.1) is 0 Å². The molecule has 1 saturated carbocycles. The predicted molar refractivity (Wildman–Crippen MR) is 88.8 cm³/mol. The molecule has 1 aliphatic carbocycles. The Morgan fingerprint density at radius 1 is 1.08 bits per heavy atom. The Bertz CT molecular complexity index is 751. The van der Waals surface area contributed by atoms with Crippen molar-refractivity contribution in [2.45, 2.75) is 37.8 Å². The van der Waals surface area contributed by atoms with Crippen LogP contribution in [0.1, 0.15) is 36.2 Å². The molecule has 0 bridgehead atoms. The van der Waals surface area contributed by atoms with Gasteiger partial charge in [-0.1, -0.05) is 18.2 Å². The lowest BCUT2D eigenvalue weighted by Crippen LogP contribution is -2.46. The van der Waals surface area contributed by atoms with Crippen LogP contribution in [0.25, 0.3) is 5.69 Å². The molecule has 2 aromatic rings. The van der Waals surface area contributed by atoms with Gasteiger partial charge in [-0.3, -0.25) is 9.59 Å². The largest absolute Gasteiger partial charge is 0.352 e. The zero-order valence-electron chi connectivity index (χ0n) is 13.4. The molecule has 0 spiro atoms. The van der Waals surface area contributed by atoms with Gasteiger partial charge < -0.3 is 10.2 Å². The van der Waals surface area contributed by atoms with Gasteiger partial charge in [-0.2, -0.15) is 5.10 Å². The lowest BCUT2D eigenvalue weighted by atomic mass is 10.2. The molecule has 0 radical (unpaired) electrons. The van der Waals surface area contributed by atoms with Gasteiger partial charge in [0.05, 0.1) is 5.69 Å². The van der Waals surface area contributed by atoms with E-state index in [1.165, 1.54) is 0 Å². The lowest BCUT2D eigenvalue weighted by molar-refractivity contribution is -0.125. The first-order valence-corrected chi connectivity index (χ1v) is 8.45. The summed E-state index contributed by atoms with van der Waals surface area (Å²) in [5, 5.41) is 7.39. The molecule has 2 heterocycles. The Morgan fingerprint density at radius 2 is 1.88 bits per heavy atom. The number of para-hydroxylation sites is 1. The molecule has 4 rings (SSSR count). The summed E-state index contributed by atoms with van der Waals surface area (Å²) in [6.07, 6.45) is 5.46. The quantitative estimate of drug-likeness (QED) is 0.932. The van der Waals surface area contributed by atoms with Crippen LogP contribution in [0.5, 0.6) is 0 Å². The highest BCUT2D eigenvalue weighted by Gasteiger charge is 2.37. The van der Waals surface area contributed by atoms with Crippen LogP contribution < -0.4 is 5.32 Å². The van der Waals surface area contributed by atoms with Crippen molar-refractivity contribution in [2.24, 2.45) is 0 Å². The Hall–Kier alpha value is -2.63. The fourth-order valence-electron chi connectivity index (χ4n) is 3.12. The van der Waals surface area contributed by atoms with Crippen molar-refractivity contribution in [2.75, 3.05) is 6.54 Å². The molecule has 1 aliphatic heterocycles. The summed E-state index contributed by atoms with van der Waals surface area (Å²) >= 11 is 0. The molecule has 2 fully saturated rings. The second-order valence-corrected chi connectivity index (χ2v) is 6.42. The minimum atomic E-state index is -0.361. The van der Waals surface area contributed by atoms with Crippen molar-refractivity contribution >= 4 is 11.8 Å². The molecule has 6 nitrogen and oxygen atoms in total. The molecule has 6 heteroatoms. The Kier molecular flexibility index (Phi) is 3.80. The fraction of sp³-hybridized carbons (Fsp3) is 0.389. The lowest BCUT2D eigenvalue weighted by Gasteiger charge is -2.23. The number of aromatic nitrogens is 2. The number of carbonyl (C=O) groups excluding carboxylic acids is 2. The SMILES string of the molecule is O=C(NC1CC1)C1CCCN1C(=O)c1ccn(-c2ccccc2)n1. The fourth-order valence-corrected chi connectivity index (χ4v) is 3.12. The standard InChI is InChI=1S/C18H20N4O2/c23-17(19-13-8-9-13)16-7-4-11-21(16)18(24)15-10-12-22(20-15)14-5-2-1-3-6-14/h1-3,5-6,10,12-13,16H,4,7-9,11H2,(H,19,23). The topological polar surface area (TPSA) is 67.2 Å². The van der Waals surface area contributed by atoms with Crippen LogP contribution in [0.2, 0.25) is 0 Å². The highest BCUT2D eigenvalue weighted by atomic mass is 16.2. The number of hydrogen-bond donors (Lipinski definition) is 1. The van der Waals surface area contributed by atoms with E-state index in [2.05, 4.69) is 10.4 Å². The van der Waals surface area contributed by atoms with Crippen molar-refractivity contribution in [1.82, 2.24) is 20.0 Å². The summed E-state index contributed by atoms with van der Waals surface area (Å²) in [4.78, 5) is 26.8. The van der Waals surface area contributed by atoms with Crippen molar-refractivity contribution in [1.29, 1.82) is 0 Å². The van der Waals surface area contributed by atoms with Crippen LogP contribution in [-0.2, 0) is 4.79 Å². The minimum absolute atomic E-state index is 0.0224. The highest BCUT2D eigenvalue weighted by molar-refractivity contribution is 5.96. The van der Waals surface area contributed by atoms with Crippen LogP contribution in [0.15, 0.2) is 42.6 Å². The van der Waals surface area contributed by atoms with Gasteiger partial charge in [0.1, 0.15) is 6.04 Å². The van der Waals surface area contributed by atoms with Gasteiger partial charge in [0, 0.05) is 18.8 Å². The number of carbonyl (C=O) groups is 2. The summed E-state index contributed by atoms with van der Waals surface area (Å²) in [6, 6.07) is 11.3. The maximum Gasteiger partial charge on any atom is 0.275 e. The maximum atomic E-state index is 12.8. The van der Waals surface area contributed by atoms with Gasteiger partial charge in [-0.05, 0) is 43.9 Å². The zero-order chi connectivity index (χ0) is 16.5. The van der Waals surface area contributed by atoms with Gasteiger partial charge in [0.25, 0.3) is 5.91 Å². The number of likely N-dealkylation sites (tertiary alicyclic amines) is 1. The third-order valence-electron chi connectivity index (χ3n) is 4.57. The van der Waals surface area contributed by atoms with E-state index in [0.717, 1.165) is 31.4 Å². The molecule has 1 N–H and O–H groups in total. The molecule has 1 unspecified atom stereocenters. The monoisotopic (exact) mass is 324 g/mol. The number of nitrogens with one attached hydrogen (secondary N) is 1. The molecular weight excluding hydrogens is 304 g/mol. The van der Waals surface area contributed by atoms with Crippen molar-refractivity contribution in [3.8, 4) is 5.69 Å². The molecule has 1 aromatic heterocycles. The molecular formula is C18H20N4O2. The van der Waals surface area contributed by atoms with Crippen LogP contribution in [0.4, 0.5) is 0 Å². The van der Waals surface area contributed by atoms with Gasteiger partial charge in [0.15, 0.2) is 5.69 Å². The van der Waals surface area contributed by atoms with Crippen molar-refractivity contribution < 1.29 is 9.59 Å². The maximum absolute atomic E-state index is 12.8. The van der Waals surface area contributed by atoms with Crippen molar-refractivity contribution in [3.05, 3.63) is 48.3 Å². The normalized spacial score (nSPS) is 20.2. The van der Waals surface area contributed by atoms with E-state index in [-0.39, 0.29) is 17.9 Å². The number of amides is 2. The summed E-state index contributed by atoms with van der Waals surface area (Å²) in [7, 11) is 0. The molecule has 124 valence electrons. The Balaban J connectivity index is 1.50. The average Bonchev–Trinajstić information content (AvgIpc) is 3.12. The molecule has 24 heavy (non-hydrogen) atoms. The van der Waals surface area contributed by atoms with Crippen molar-refractivity contribution in [3.63, 3.8) is 0 Å². The zero-order valence-corrected chi connectivity index (χ0v) is 13.4. The minimum Gasteiger partial charge on any atom is -0.352 e. The predicted octanol–water partition coefficient (Wildman–Crippen LogP) is 1.76. The summed E-state index contributed by atoms with van der Waals surface area (Å²) < 4.78 is 1.68. The Morgan fingerprint density at radius 3 is 2.62 bits per heavy atom. The second-order valence-electron chi connectivity index (χ2n) is 6.42. The summed E-state index contributed by atoms with van der Waals surface area (Å²) in [5.74, 6) is -0.191. The molecule has 1 saturated heterocycles. The van der Waals surface area contributed by atoms with E-state index in [9.17, 15) is 9.59 Å². The molecule has 2 amide bonds. The number of rotatable bonds is 4. The third-order valence-corrected chi connectivity index (χ3v) is 4.57.